The third-order valence-corrected chi connectivity index (χ3v) is 4.63. The van der Waals surface area contributed by atoms with Gasteiger partial charge in [0.05, 0.1) is 27.4 Å². The molecule has 164 valence electrons. The number of nitrogens with zero attached hydrogens (tertiary/aromatic N) is 2. The second-order valence-electron chi connectivity index (χ2n) is 6.99. The number of pyridine rings is 1. The Hall–Kier alpha value is -2.23. The minimum absolute atomic E-state index is 0. The van der Waals surface area contributed by atoms with Gasteiger partial charge in [-0.05, 0) is 55.0 Å². The van der Waals surface area contributed by atoms with Gasteiger partial charge in [0.2, 0.25) is 5.88 Å². The van der Waals surface area contributed by atoms with Gasteiger partial charge in [-0.25, -0.2) is 9.98 Å². The van der Waals surface area contributed by atoms with E-state index in [1.807, 2.05) is 37.3 Å². The maximum absolute atomic E-state index is 5.76. The summed E-state index contributed by atoms with van der Waals surface area (Å²) in [5.74, 6) is 3.56. The van der Waals surface area contributed by atoms with Crippen LogP contribution in [0.15, 0.2) is 41.5 Å². The Morgan fingerprint density at radius 1 is 1.07 bits per heavy atom. The molecule has 2 N–H and O–H groups in total. The van der Waals surface area contributed by atoms with Gasteiger partial charge in [-0.2, -0.15) is 0 Å². The van der Waals surface area contributed by atoms with Crippen molar-refractivity contribution in [3.63, 3.8) is 0 Å². The fraction of sp³-hybridized carbons (Fsp3) is 0.455. The number of guanidine groups is 1. The number of aromatic nitrogens is 1. The first-order valence-corrected chi connectivity index (χ1v) is 10.0. The van der Waals surface area contributed by atoms with Gasteiger partial charge >= 0.3 is 0 Å². The van der Waals surface area contributed by atoms with Gasteiger partial charge in [-0.1, -0.05) is 6.07 Å². The van der Waals surface area contributed by atoms with Crippen molar-refractivity contribution < 1.29 is 14.2 Å². The van der Waals surface area contributed by atoms with Crippen LogP contribution in [0.4, 0.5) is 0 Å². The summed E-state index contributed by atoms with van der Waals surface area (Å²) in [7, 11) is 3.26. The van der Waals surface area contributed by atoms with E-state index < -0.39 is 0 Å². The van der Waals surface area contributed by atoms with Crippen molar-refractivity contribution in [1.29, 1.82) is 0 Å². The van der Waals surface area contributed by atoms with Crippen LogP contribution in [0.5, 0.6) is 17.4 Å². The van der Waals surface area contributed by atoms with Crippen LogP contribution in [0.25, 0.3) is 0 Å². The zero-order chi connectivity index (χ0) is 20.5. The highest BCUT2D eigenvalue weighted by molar-refractivity contribution is 14.0. The molecule has 0 spiro atoms. The highest BCUT2D eigenvalue weighted by Crippen LogP contribution is 2.29. The molecule has 1 aromatic carbocycles. The first-order chi connectivity index (χ1) is 14.2. The molecule has 0 unspecified atom stereocenters. The van der Waals surface area contributed by atoms with E-state index in [1.54, 1.807) is 20.4 Å². The topological polar surface area (TPSA) is 77.0 Å². The van der Waals surface area contributed by atoms with E-state index in [1.165, 1.54) is 12.8 Å². The van der Waals surface area contributed by atoms with Gasteiger partial charge in [0.1, 0.15) is 0 Å². The molecule has 3 rings (SSSR count). The van der Waals surface area contributed by atoms with Crippen molar-refractivity contribution in [2.24, 2.45) is 10.9 Å². The normalized spacial score (nSPS) is 13.2. The fourth-order valence-electron chi connectivity index (χ4n) is 2.80. The van der Waals surface area contributed by atoms with E-state index in [2.05, 4.69) is 20.6 Å². The van der Waals surface area contributed by atoms with Gasteiger partial charge in [0, 0.05) is 25.4 Å². The smallest absolute Gasteiger partial charge is 0.213 e. The maximum atomic E-state index is 5.76. The summed E-state index contributed by atoms with van der Waals surface area (Å²) in [4.78, 5) is 8.96. The highest BCUT2D eigenvalue weighted by Gasteiger charge is 2.22. The van der Waals surface area contributed by atoms with Crippen LogP contribution in [0.1, 0.15) is 30.9 Å². The first kappa shape index (κ1) is 24.0. The van der Waals surface area contributed by atoms with Gasteiger partial charge in [0.15, 0.2) is 17.5 Å². The number of hydrogen-bond acceptors (Lipinski definition) is 5. The van der Waals surface area contributed by atoms with Crippen LogP contribution in [0, 0.1) is 5.92 Å². The minimum atomic E-state index is 0. The van der Waals surface area contributed by atoms with Crippen molar-refractivity contribution in [2.75, 3.05) is 27.4 Å². The lowest BCUT2D eigenvalue weighted by molar-refractivity contribution is 0.288. The van der Waals surface area contributed by atoms with Gasteiger partial charge in [-0.3, -0.25) is 0 Å². The van der Waals surface area contributed by atoms with E-state index in [9.17, 15) is 0 Å². The van der Waals surface area contributed by atoms with E-state index in [4.69, 9.17) is 14.2 Å². The molecule has 8 heteroatoms. The summed E-state index contributed by atoms with van der Waals surface area (Å²) in [5.41, 5.74) is 2.14. The quantitative estimate of drug-likeness (QED) is 0.279. The summed E-state index contributed by atoms with van der Waals surface area (Å²) in [6.07, 6.45) is 4.32. The molecule has 1 heterocycles. The molecule has 0 atom stereocenters. The Morgan fingerprint density at radius 2 is 1.87 bits per heavy atom. The number of nitrogens with one attached hydrogen (secondary N) is 2. The van der Waals surface area contributed by atoms with Crippen molar-refractivity contribution in [3.8, 4) is 17.4 Å². The summed E-state index contributed by atoms with van der Waals surface area (Å²) < 4.78 is 16.4. The number of ether oxygens (including phenoxy) is 3. The number of rotatable bonds is 10. The zero-order valence-corrected chi connectivity index (χ0v) is 20.1. The van der Waals surface area contributed by atoms with E-state index in [0.29, 0.717) is 36.4 Å². The molecule has 0 radical (unpaired) electrons. The molecule has 0 bridgehead atoms. The number of hydrogen-bond donors (Lipinski definition) is 2. The molecule has 1 aliphatic rings. The number of halogens is 1. The third kappa shape index (κ3) is 7.55. The van der Waals surface area contributed by atoms with Crippen molar-refractivity contribution in [2.45, 2.75) is 32.9 Å². The second-order valence-corrected chi connectivity index (χ2v) is 6.99. The van der Waals surface area contributed by atoms with E-state index in [0.717, 1.165) is 30.2 Å². The summed E-state index contributed by atoms with van der Waals surface area (Å²) in [6, 6.07) is 9.78. The number of benzene rings is 1. The lowest BCUT2D eigenvalue weighted by atomic mass is 10.2. The van der Waals surface area contributed by atoms with Crippen LogP contribution in [0.2, 0.25) is 0 Å². The van der Waals surface area contributed by atoms with Crippen molar-refractivity contribution in [3.05, 3.63) is 47.7 Å². The first-order valence-electron chi connectivity index (χ1n) is 10.0. The van der Waals surface area contributed by atoms with Gasteiger partial charge < -0.3 is 24.8 Å². The molecule has 0 aliphatic heterocycles. The molecule has 0 amide bonds. The Kier molecular flexibility index (Phi) is 9.99. The molecule has 1 saturated carbocycles. The molecule has 7 nitrogen and oxygen atoms in total. The van der Waals surface area contributed by atoms with Crippen LogP contribution in [-0.4, -0.2) is 38.3 Å². The zero-order valence-electron chi connectivity index (χ0n) is 17.8. The summed E-state index contributed by atoms with van der Waals surface area (Å²) in [5, 5.41) is 6.64. The summed E-state index contributed by atoms with van der Waals surface area (Å²) >= 11 is 0. The molecule has 1 aromatic heterocycles. The Balaban J connectivity index is 0.00000320. The van der Waals surface area contributed by atoms with Gasteiger partial charge in [0.25, 0.3) is 0 Å². The molecule has 2 aromatic rings. The largest absolute Gasteiger partial charge is 0.493 e. The average molecular weight is 526 g/mol. The predicted octanol–water partition coefficient (Wildman–Crippen LogP) is 3.76. The van der Waals surface area contributed by atoms with Crippen LogP contribution >= 0.6 is 24.0 Å². The molecule has 1 fully saturated rings. The molecule has 30 heavy (non-hydrogen) atoms. The SMILES string of the molecule is CCNC(=NCc1ccc(OC)c(OC)c1)NCc1ccnc(OCC2CC2)c1.I. The monoisotopic (exact) mass is 526 g/mol. The third-order valence-electron chi connectivity index (χ3n) is 4.63. The molecule has 1 aliphatic carbocycles. The second kappa shape index (κ2) is 12.5. The van der Waals surface area contributed by atoms with E-state index >= 15 is 0 Å². The van der Waals surface area contributed by atoms with Crippen molar-refractivity contribution >= 4 is 29.9 Å². The maximum Gasteiger partial charge on any atom is 0.213 e. The van der Waals surface area contributed by atoms with Crippen LogP contribution < -0.4 is 24.8 Å². The standard InChI is InChI=1S/C22H30N4O3.HI/c1-4-23-22(25-13-17-7-8-19(27-2)20(11-17)28-3)26-14-18-9-10-24-21(12-18)29-15-16-5-6-16;/h7-12,16H,4-6,13-15H2,1-3H3,(H2,23,25,26);1H. The van der Waals surface area contributed by atoms with Crippen LogP contribution in [-0.2, 0) is 13.1 Å². The van der Waals surface area contributed by atoms with E-state index in [-0.39, 0.29) is 24.0 Å². The number of aliphatic imine (C=N–C) groups is 1. The number of methoxy groups -OCH3 is 2. The fourth-order valence-corrected chi connectivity index (χ4v) is 2.80. The minimum Gasteiger partial charge on any atom is -0.493 e. The Bertz CT molecular complexity index is 828. The van der Waals surface area contributed by atoms with Gasteiger partial charge in [-0.15, -0.1) is 24.0 Å². The Labute approximate surface area is 195 Å². The van der Waals surface area contributed by atoms with Crippen molar-refractivity contribution in [1.82, 2.24) is 15.6 Å². The highest BCUT2D eigenvalue weighted by atomic mass is 127. The summed E-state index contributed by atoms with van der Waals surface area (Å²) in [6.45, 7) is 4.76. The molecule has 0 saturated heterocycles. The average Bonchev–Trinajstić information content (AvgIpc) is 3.59. The molecular weight excluding hydrogens is 495 g/mol. The lowest BCUT2D eigenvalue weighted by Gasteiger charge is -2.13. The van der Waals surface area contributed by atoms with Crippen LogP contribution in [0.3, 0.4) is 0 Å². The lowest BCUT2D eigenvalue weighted by Crippen LogP contribution is -2.36. The predicted molar refractivity (Wildman–Crippen MR) is 129 cm³/mol. The molecular formula is C22H31IN4O3. The Morgan fingerprint density at radius 3 is 2.57 bits per heavy atom.